The molecule has 3 nitrogen and oxygen atoms in total. The molecule has 1 fully saturated rings. The van der Waals surface area contributed by atoms with Crippen molar-refractivity contribution in [2.75, 3.05) is 18.6 Å². The van der Waals surface area contributed by atoms with Gasteiger partial charge in [0.1, 0.15) is 18.1 Å². The summed E-state index contributed by atoms with van der Waals surface area (Å²) in [5, 5.41) is 0. The summed E-state index contributed by atoms with van der Waals surface area (Å²) < 4.78 is 38.9. The van der Waals surface area contributed by atoms with Gasteiger partial charge in [0.15, 0.2) is 0 Å². The molecule has 166 valence electrons. The van der Waals surface area contributed by atoms with E-state index in [0.717, 1.165) is 36.4 Å². The lowest BCUT2D eigenvalue weighted by Crippen LogP contribution is -2.29. The Bertz CT molecular complexity index is 1030. The lowest BCUT2D eigenvalue weighted by Gasteiger charge is -2.27. The van der Waals surface area contributed by atoms with E-state index in [9.17, 15) is 8.78 Å². The van der Waals surface area contributed by atoms with Gasteiger partial charge < -0.3 is 14.4 Å². The van der Waals surface area contributed by atoms with Gasteiger partial charge in [0, 0.05) is 23.8 Å². The predicted octanol–water partition coefficient (Wildman–Crippen LogP) is 6.94. The van der Waals surface area contributed by atoms with Crippen LogP contribution in [0.15, 0.2) is 84.9 Å². The monoisotopic (exact) mass is 435 g/mol. The van der Waals surface area contributed by atoms with Gasteiger partial charge in [0.05, 0.1) is 7.11 Å². The first-order valence-corrected chi connectivity index (χ1v) is 10.9. The number of hydrogen-bond donors (Lipinski definition) is 0. The molecule has 0 saturated carbocycles. The van der Waals surface area contributed by atoms with Crippen molar-refractivity contribution >= 4 is 11.3 Å². The Kier molecular flexibility index (Phi) is 7.05. The molecule has 1 aliphatic rings. The zero-order valence-corrected chi connectivity index (χ0v) is 18.1. The Morgan fingerprint density at radius 1 is 0.906 bits per heavy atom. The number of methoxy groups -OCH3 is 1. The summed E-state index contributed by atoms with van der Waals surface area (Å²) in [6, 6.07) is 24.7. The van der Waals surface area contributed by atoms with Crippen LogP contribution in [0, 0.1) is 0 Å². The summed E-state index contributed by atoms with van der Waals surface area (Å²) >= 11 is 0. The van der Waals surface area contributed by atoms with Crippen molar-refractivity contribution in [1.82, 2.24) is 0 Å². The van der Waals surface area contributed by atoms with Crippen molar-refractivity contribution < 1.29 is 18.3 Å². The van der Waals surface area contributed by atoms with E-state index in [-0.39, 0.29) is 11.6 Å². The van der Waals surface area contributed by atoms with E-state index in [2.05, 4.69) is 4.90 Å². The molecule has 3 aromatic rings. The molecule has 1 heterocycles. The molecule has 0 aromatic heterocycles. The second kappa shape index (κ2) is 10.3. The fourth-order valence-electron chi connectivity index (χ4n) is 4.19. The van der Waals surface area contributed by atoms with E-state index < -0.39 is 6.08 Å². The fourth-order valence-corrected chi connectivity index (χ4v) is 4.19. The molecule has 4 rings (SSSR count). The molecule has 0 spiro atoms. The van der Waals surface area contributed by atoms with Gasteiger partial charge in [-0.1, -0.05) is 42.5 Å². The maximum absolute atomic E-state index is 13.9. The number of ether oxygens (including phenoxy) is 2. The molecule has 0 amide bonds. The molecule has 1 aliphatic heterocycles. The van der Waals surface area contributed by atoms with E-state index in [4.69, 9.17) is 9.47 Å². The number of hydrogen-bond acceptors (Lipinski definition) is 3. The Labute approximate surface area is 187 Å². The molecule has 5 heteroatoms. The van der Waals surface area contributed by atoms with Gasteiger partial charge >= 0.3 is 0 Å². The Morgan fingerprint density at radius 2 is 1.59 bits per heavy atom. The molecule has 32 heavy (non-hydrogen) atoms. The topological polar surface area (TPSA) is 21.7 Å². The highest BCUT2D eigenvalue weighted by Crippen LogP contribution is 2.35. The van der Waals surface area contributed by atoms with E-state index in [1.165, 1.54) is 0 Å². The van der Waals surface area contributed by atoms with Crippen molar-refractivity contribution in [3.63, 3.8) is 0 Å². The quantitative estimate of drug-likeness (QED) is 0.382. The van der Waals surface area contributed by atoms with Gasteiger partial charge in [-0.2, -0.15) is 8.78 Å². The minimum atomic E-state index is -1.62. The summed E-state index contributed by atoms with van der Waals surface area (Å²) in [5.41, 5.74) is 2.74. The fraction of sp³-hybridized carbons (Fsp3) is 0.259. The summed E-state index contributed by atoms with van der Waals surface area (Å²) in [5.74, 6) is 1.45. The second-order valence-electron chi connectivity index (χ2n) is 7.93. The highest BCUT2D eigenvalue weighted by atomic mass is 19.3. The third-order valence-electron chi connectivity index (χ3n) is 5.90. The van der Waals surface area contributed by atoms with Gasteiger partial charge in [-0.15, -0.1) is 0 Å². The molecule has 1 saturated heterocycles. The Hall–Kier alpha value is -3.34. The molecule has 0 radical (unpaired) electrons. The SMILES string of the molecule is COc1ccc(N2CCC[C@@H]2CC(=C(F)F)c2ccc(OCc3ccccc3)cc2)cc1. The number of nitrogens with zero attached hydrogens (tertiary/aromatic N) is 1. The van der Waals surface area contributed by atoms with Crippen molar-refractivity contribution in [3.8, 4) is 11.5 Å². The summed E-state index contributed by atoms with van der Waals surface area (Å²) in [7, 11) is 1.63. The van der Waals surface area contributed by atoms with Crippen molar-refractivity contribution in [2.24, 2.45) is 0 Å². The smallest absolute Gasteiger partial charge is 0.274 e. The Balaban J connectivity index is 1.44. The van der Waals surface area contributed by atoms with Crippen LogP contribution in [-0.2, 0) is 6.61 Å². The summed E-state index contributed by atoms with van der Waals surface area (Å²) in [6.07, 6.45) is 0.564. The van der Waals surface area contributed by atoms with Crippen LogP contribution in [-0.4, -0.2) is 19.7 Å². The maximum atomic E-state index is 13.9. The van der Waals surface area contributed by atoms with E-state index in [1.54, 1.807) is 31.4 Å². The van der Waals surface area contributed by atoms with Crippen LogP contribution in [0.1, 0.15) is 30.4 Å². The lowest BCUT2D eigenvalue weighted by atomic mass is 9.98. The first-order valence-electron chi connectivity index (χ1n) is 10.9. The Morgan fingerprint density at radius 3 is 2.25 bits per heavy atom. The zero-order chi connectivity index (χ0) is 22.3. The molecule has 1 atom stereocenters. The van der Waals surface area contributed by atoms with Crippen molar-refractivity contribution in [1.29, 1.82) is 0 Å². The molecule has 3 aromatic carbocycles. The van der Waals surface area contributed by atoms with Gasteiger partial charge in [-0.25, -0.2) is 0 Å². The van der Waals surface area contributed by atoms with Crippen LogP contribution in [0.25, 0.3) is 5.57 Å². The number of anilines is 1. The van der Waals surface area contributed by atoms with Crippen LogP contribution in [0.5, 0.6) is 11.5 Å². The molecular formula is C27H27F2NO2. The van der Waals surface area contributed by atoms with E-state index >= 15 is 0 Å². The van der Waals surface area contributed by atoms with Gasteiger partial charge in [-0.3, -0.25) is 0 Å². The maximum Gasteiger partial charge on any atom is 0.274 e. The second-order valence-corrected chi connectivity index (χ2v) is 7.93. The highest BCUT2D eigenvalue weighted by molar-refractivity contribution is 5.68. The highest BCUT2D eigenvalue weighted by Gasteiger charge is 2.27. The van der Waals surface area contributed by atoms with Crippen molar-refractivity contribution in [3.05, 3.63) is 96.1 Å². The van der Waals surface area contributed by atoms with Gasteiger partial charge in [0.25, 0.3) is 6.08 Å². The molecule has 0 aliphatic carbocycles. The van der Waals surface area contributed by atoms with Crippen LogP contribution >= 0.6 is 0 Å². The summed E-state index contributed by atoms with van der Waals surface area (Å²) in [6.45, 7) is 1.31. The minimum Gasteiger partial charge on any atom is -0.497 e. The van der Waals surface area contributed by atoms with Gasteiger partial charge in [0.2, 0.25) is 0 Å². The minimum absolute atomic E-state index is 0.0360. The normalized spacial score (nSPS) is 15.5. The van der Waals surface area contributed by atoms with Crippen molar-refractivity contribution in [2.45, 2.75) is 31.9 Å². The molecule has 0 bridgehead atoms. The number of rotatable bonds is 8. The largest absolute Gasteiger partial charge is 0.497 e. The number of benzene rings is 3. The first kappa shape index (κ1) is 21.9. The average Bonchev–Trinajstić information content (AvgIpc) is 3.30. The predicted molar refractivity (Wildman–Crippen MR) is 124 cm³/mol. The van der Waals surface area contributed by atoms with E-state index in [1.807, 2.05) is 54.6 Å². The van der Waals surface area contributed by atoms with Crippen LogP contribution in [0.3, 0.4) is 0 Å². The zero-order valence-electron chi connectivity index (χ0n) is 18.1. The average molecular weight is 436 g/mol. The third-order valence-corrected chi connectivity index (χ3v) is 5.90. The molecular weight excluding hydrogens is 408 g/mol. The van der Waals surface area contributed by atoms with Crippen LogP contribution < -0.4 is 14.4 Å². The van der Waals surface area contributed by atoms with E-state index in [0.29, 0.717) is 24.3 Å². The number of halogens is 2. The molecule has 0 unspecified atom stereocenters. The lowest BCUT2D eigenvalue weighted by molar-refractivity contribution is 0.306. The van der Waals surface area contributed by atoms with Crippen LogP contribution in [0.2, 0.25) is 0 Å². The van der Waals surface area contributed by atoms with Gasteiger partial charge in [-0.05, 0) is 66.8 Å². The first-order chi connectivity index (χ1) is 15.6. The van der Waals surface area contributed by atoms with Crippen LogP contribution in [0.4, 0.5) is 14.5 Å². The third kappa shape index (κ3) is 5.28. The molecule has 0 N–H and O–H groups in total. The summed E-state index contributed by atoms with van der Waals surface area (Å²) in [4.78, 5) is 2.22. The standard InChI is InChI=1S/C27H27F2NO2/c1-31-24-15-11-22(12-16-24)30-17-5-8-23(30)18-26(27(28)29)21-9-13-25(14-10-21)32-19-20-6-3-2-4-7-20/h2-4,6-7,9-16,23H,5,8,17-19H2,1H3/t23-/m1/s1.